The highest BCUT2D eigenvalue weighted by Crippen LogP contribution is 2.23. The lowest BCUT2D eigenvalue weighted by molar-refractivity contribution is 0.769. The van der Waals surface area contributed by atoms with E-state index in [0.717, 1.165) is 3.57 Å². The molecular formula is C11H7Cl2IN2O. The van der Waals surface area contributed by atoms with Crippen LogP contribution in [0.15, 0.2) is 29.6 Å². The van der Waals surface area contributed by atoms with Crippen LogP contribution in [-0.4, -0.2) is 9.55 Å². The van der Waals surface area contributed by atoms with Crippen LogP contribution in [0.4, 0.5) is 0 Å². The first-order chi connectivity index (χ1) is 8.04. The summed E-state index contributed by atoms with van der Waals surface area (Å²) in [6.45, 7) is 3.90. The number of nitrogens with zero attached hydrogens (tertiary/aromatic N) is 2. The molecule has 0 aliphatic carbocycles. The van der Waals surface area contributed by atoms with Crippen molar-refractivity contribution in [1.82, 2.24) is 9.55 Å². The predicted octanol–water partition coefficient (Wildman–Crippen LogP) is 3.49. The van der Waals surface area contributed by atoms with Crippen LogP contribution >= 0.6 is 45.8 Å². The number of allylic oxidation sites excluding steroid dienone is 1. The molecule has 0 bridgehead atoms. The third kappa shape index (κ3) is 2.34. The normalized spacial score (nSPS) is 10.8. The molecule has 0 fully saturated rings. The van der Waals surface area contributed by atoms with Crippen molar-refractivity contribution in [3.63, 3.8) is 0 Å². The van der Waals surface area contributed by atoms with E-state index in [0.29, 0.717) is 22.5 Å². The molecule has 0 saturated heterocycles. The Morgan fingerprint density at radius 2 is 2.18 bits per heavy atom. The SMILES string of the molecule is C=CCn1c(Cl)nc2c(I)cc(Cl)cc2c1=O. The minimum absolute atomic E-state index is 0.155. The number of benzene rings is 1. The summed E-state index contributed by atoms with van der Waals surface area (Å²) < 4.78 is 2.15. The van der Waals surface area contributed by atoms with Crippen molar-refractivity contribution in [1.29, 1.82) is 0 Å². The van der Waals surface area contributed by atoms with Crippen LogP contribution in [-0.2, 0) is 6.54 Å². The molecule has 0 saturated carbocycles. The molecule has 88 valence electrons. The van der Waals surface area contributed by atoms with E-state index in [-0.39, 0.29) is 10.8 Å². The van der Waals surface area contributed by atoms with Crippen LogP contribution < -0.4 is 5.56 Å². The molecule has 1 heterocycles. The Hall–Kier alpha value is -0.590. The van der Waals surface area contributed by atoms with E-state index in [9.17, 15) is 4.79 Å². The van der Waals surface area contributed by atoms with Crippen molar-refractivity contribution >= 4 is 56.7 Å². The van der Waals surface area contributed by atoms with Crippen molar-refractivity contribution in [2.45, 2.75) is 6.54 Å². The summed E-state index contributed by atoms with van der Waals surface area (Å²) in [5, 5.41) is 1.13. The maximum absolute atomic E-state index is 12.2. The summed E-state index contributed by atoms with van der Waals surface area (Å²) in [6, 6.07) is 3.34. The smallest absolute Gasteiger partial charge is 0.262 e. The third-order valence-electron chi connectivity index (χ3n) is 2.24. The van der Waals surface area contributed by atoms with Gasteiger partial charge in [-0.2, -0.15) is 0 Å². The van der Waals surface area contributed by atoms with Crippen LogP contribution in [0.5, 0.6) is 0 Å². The second-order valence-corrected chi connectivity index (χ2v) is 5.31. The number of hydrogen-bond donors (Lipinski definition) is 0. The maximum Gasteiger partial charge on any atom is 0.262 e. The molecular weight excluding hydrogens is 374 g/mol. The standard InChI is InChI=1S/C11H7Cl2IN2O/c1-2-3-16-10(17)7-4-6(12)5-8(14)9(7)15-11(16)13/h2,4-5H,1,3H2. The molecule has 17 heavy (non-hydrogen) atoms. The Balaban J connectivity index is 2.92. The second-order valence-electron chi connectivity index (χ2n) is 3.37. The highest BCUT2D eigenvalue weighted by molar-refractivity contribution is 14.1. The fourth-order valence-corrected chi connectivity index (χ4v) is 2.89. The van der Waals surface area contributed by atoms with Crippen LogP contribution in [0.1, 0.15) is 0 Å². The van der Waals surface area contributed by atoms with E-state index >= 15 is 0 Å². The second kappa shape index (κ2) is 4.96. The van der Waals surface area contributed by atoms with Gasteiger partial charge in [-0.1, -0.05) is 17.7 Å². The lowest BCUT2D eigenvalue weighted by atomic mass is 10.2. The zero-order valence-electron chi connectivity index (χ0n) is 8.58. The lowest BCUT2D eigenvalue weighted by Gasteiger charge is -2.08. The van der Waals surface area contributed by atoms with Gasteiger partial charge >= 0.3 is 0 Å². The summed E-state index contributed by atoms with van der Waals surface area (Å²) in [5.41, 5.74) is 0.366. The van der Waals surface area contributed by atoms with Gasteiger partial charge in [0.05, 0.1) is 10.9 Å². The quantitative estimate of drug-likeness (QED) is 0.454. The first-order valence-electron chi connectivity index (χ1n) is 4.70. The molecule has 0 aliphatic rings. The Bertz CT molecular complexity index is 667. The van der Waals surface area contributed by atoms with E-state index in [2.05, 4.69) is 34.2 Å². The number of hydrogen-bond acceptors (Lipinski definition) is 2. The molecule has 0 spiro atoms. The van der Waals surface area contributed by atoms with E-state index in [1.165, 1.54) is 4.57 Å². The Kier molecular flexibility index (Phi) is 3.75. The molecule has 1 aromatic carbocycles. The van der Waals surface area contributed by atoms with Crippen LogP contribution in [0.2, 0.25) is 10.3 Å². The molecule has 0 atom stereocenters. The summed E-state index contributed by atoms with van der Waals surface area (Å²) in [4.78, 5) is 16.4. The van der Waals surface area contributed by atoms with Crippen LogP contribution in [0.25, 0.3) is 10.9 Å². The largest absolute Gasteiger partial charge is 0.279 e. The van der Waals surface area contributed by atoms with Crippen molar-refractivity contribution in [3.8, 4) is 0 Å². The van der Waals surface area contributed by atoms with Gasteiger partial charge in [-0.3, -0.25) is 9.36 Å². The molecule has 0 aliphatic heterocycles. The lowest BCUT2D eigenvalue weighted by Crippen LogP contribution is -2.21. The van der Waals surface area contributed by atoms with Gasteiger partial charge in [0.1, 0.15) is 0 Å². The van der Waals surface area contributed by atoms with Gasteiger partial charge in [0.15, 0.2) is 0 Å². The Morgan fingerprint density at radius 1 is 1.47 bits per heavy atom. The number of rotatable bonds is 2. The van der Waals surface area contributed by atoms with Crippen LogP contribution in [0.3, 0.4) is 0 Å². The van der Waals surface area contributed by atoms with E-state index < -0.39 is 0 Å². The first-order valence-corrected chi connectivity index (χ1v) is 6.54. The van der Waals surface area contributed by atoms with E-state index in [4.69, 9.17) is 23.2 Å². The number of halogens is 3. The van der Waals surface area contributed by atoms with Gasteiger partial charge < -0.3 is 0 Å². The zero-order chi connectivity index (χ0) is 12.6. The zero-order valence-corrected chi connectivity index (χ0v) is 12.3. The molecule has 0 unspecified atom stereocenters. The molecule has 2 aromatic rings. The van der Waals surface area contributed by atoms with E-state index in [1.54, 1.807) is 18.2 Å². The summed E-state index contributed by atoms with van der Waals surface area (Å²) in [5.74, 6) is 0. The van der Waals surface area contributed by atoms with Gasteiger partial charge in [0, 0.05) is 15.1 Å². The topological polar surface area (TPSA) is 34.9 Å². The molecule has 2 rings (SSSR count). The Morgan fingerprint density at radius 3 is 2.82 bits per heavy atom. The third-order valence-corrected chi connectivity index (χ3v) is 3.57. The average molecular weight is 381 g/mol. The monoisotopic (exact) mass is 380 g/mol. The average Bonchev–Trinajstić information content (AvgIpc) is 2.26. The van der Waals surface area contributed by atoms with Crippen LogP contribution in [0, 0.1) is 3.57 Å². The molecule has 3 nitrogen and oxygen atoms in total. The van der Waals surface area contributed by atoms with Crippen molar-refractivity contribution < 1.29 is 0 Å². The van der Waals surface area contributed by atoms with Gasteiger partial charge in [-0.05, 0) is 46.3 Å². The van der Waals surface area contributed by atoms with Crippen molar-refractivity contribution in [2.75, 3.05) is 0 Å². The van der Waals surface area contributed by atoms with Gasteiger partial charge in [-0.15, -0.1) is 6.58 Å². The molecule has 6 heteroatoms. The summed E-state index contributed by atoms with van der Waals surface area (Å²) >= 11 is 14.0. The van der Waals surface area contributed by atoms with Crippen molar-refractivity contribution in [2.24, 2.45) is 0 Å². The summed E-state index contributed by atoms with van der Waals surface area (Å²) in [7, 11) is 0. The molecule has 0 N–H and O–H groups in total. The minimum Gasteiger partial charge on any atom is -0.279 e. The van der Waals surface area contributed by atoms with Gasteiger partial charge in [-0.25, -0.2) is 4.98 Å². The van der Waals surface area contributed by atoms with Gasteiger partial charge in [0.2, 0.25) is 5.28 Å². The molecule has 1 aromatic heterocycles. The highest BCUT2D eigenvalue weighted by atomic mass is 127. The first kappa shape index (κ1) is 12.9. The maximum atomic E-state index is 12.2. The molecule has 0 amide bonds. The minimum atomic E-state index is -0.208. The fraction of sp³-hybridized carbons (Fsp3) is 0.0909. The highest BCUT2D eigenvalue weighted by Gasteiger charge is 2.11. The number of aromatic nitrogens is 2. The summed E-state index contributed by atoms with van der Waals surface area (Å²) in [6.07, 6.45) is 1.59. The predicted molar refractivity (Wildman–Crippen MR) is 78.9 cm³/mol. The van der Waals surface area contributed by atoms with Gasteiger partial charge in [0.25, 0.3) is 5.56 Å². The fourth-order valence-electron chi connectivity index (χ4n) is 1.51. The van der Waals surface area contributed by atoms with E-state index in [1.807, 2.05) is 0 Å². The number of fused-ring (bicyclic) bond motifs is 1. The molecule has 0 radical (unpaired) electrons. The Labute approximate surface area is 121 Å². The van der Waals surface area contributed by atoms with Crippen molar-refractivity contribution in [3.05, 3.63) is 49.0 Å².